The van der Waals surface area contributed by atoms with Gasteiger partial charge in [-0.2, -0.15) is 0 Å². The number of benzene rings is 3. The number of thiocarbonyl (C=S) groups is 1. The van der Waals surface area contributed by atoms with Crippen molar-refractivity contribution < 1.29 is 9.53 Å². The first-order valence-corrected chi connectivity index (χ1v) is 14.3. The first kappa shape index (κ1) is 27.6. The molecular weight excluding hydrogens is 533 g/mol. The molecule has 0 fully saturated rings. The number of anilines is 3. The molecule has 3 aromatic carbocycles. The second-order valence-electron chi connectivity index (χ2n) is 8.60. The van der Waals surface area contributed by atoms with Gasteiger partial charge in [-0.15, -0.1) is 23.1 Å². The third-order valence-electron chi connectivity index (χ3n) is 5.74. The first-order chi connectivity index (χ1) is 18.4. The summed E-state index contributed by atoms with van der Waals surface area (Å²) in [7, 11) is 1.62. The standard InChI is InChI=1S/C29H30N4O2S3/c1-5-25(27(34)33-29-32-26(19(3)37-29)20-15-13-18(2)14-16-20)38-22-10-8-9-21(17-22)30-28(36)31-23-11-6-7-12-24(23)35-4/h6-17,25H,5H2,1-4H3,(H2,30,31,36)(H,32,33,34). The molecule has 196 valence electrons. The van der Waals surface area contributed by atoms with Gasteiger partial charge in [0.25, 0.3) is 0 Å². The average Bonchev–Trinajstić information content (AvgIpc) is 3.27. The van der Waals surface area contributed by atoms with Crippen LogP contribution in [0.1, 0.15) is 23.8 Å². The lowest BCUT2D eigenvalue weighted by molar-refractivity contribution is -0.115. The number of amides is 1. The molecule has 0 aliphatic carbocycles. The number of aromatic nitrogens is 1. The molecule has 0 aliphatic heterocycles. The highest BCUT2D eigenvalue weighted by Gasteiger charge is 2.20. The molecule has 1 amide bonds. The molecule has 1 aromatic heterocycles. The van der Waals surface area contributed by atoms with Gasteiger partial charge < -0.3 is 20.7 Å². The molecule has 1 unspecified atom stereocenters. The molecule has 0 bridgehead atoms. The van der Waals surface area contributed by atoms with Crippen molar-refractivity contribution in [1.82, 2.24) is 4.98 Å². The molecule has 4 rings (SSSR count). The normalized spacial score (nSPS) is 11.5. The van der Waals surface area contributed by atoms with E-state index in [1.807, 2.05) is 62.4 Å². The lowest BCUT2D eigenvalue weighted by atomic mass is 10.1. The van der Waals surface area contributed by atoms with E-state index in [0.717, 1.165) is 32.4 Å². The van der Waals surface area contributed by atoms with E-state index in [0.29, 0.717) is 22.4 Å². The maximum absolute atomic E-state index is 13.2. The number of nitrogens with zero attached hydrogens (tertiary/aromatic N) is 1. The summed E-state index contributed by atoms with van der Waals surface area (Å²) >= 11 is 8.51. The summed E-state index contributed by atoms with van der Waals surface area (Å²) in [5.41, 5.74) is 4.77. The molecule has 9 heteroatoms. The van der Waals surface area contributed by atoms with E-state index in [1.165, 1.54) is 28.7 Å². The number of aryl methyl sites for hydroxylation is 2. The monoisotopic (exact) mass is 562 g/mol. The molecule has 1 heterocycles. The van der Waals surface area contributed by atoms with E-state index in [2.05, 4.69) is 47.1 Å². The van der Waals surface area contributed by atoms with Crippen LogP contribution in [0.25, 0.3) is 11.3 Å². The van der Waals surface area contributed by atoms with E-state index < -0.39 is 0 Å². The van der Waals surface area contributed by atoms with Gasteiger partial charge in [0, 0.05) is 21.0 Å². The quantitative estimate of drug-likeness (QED) is 0.142. The van der Waals surface area contributed by atoms with Gasteiger partial charge in [-0.3, -0.25) is 4.79 Å². The van der Waals surface area contributed by atoms with Crippen LogP contribution < -0.4 is 20.7 Å². The second-order valence-corrected chi connectivity index (χ2v) is 11.5. The Kier molecular flexibility index (Phi) is 9.38. The van der Waals surface area contributed by atoms with Crippen LogP contribution >= 0.6 is 35.3 Å². The van der Waals surface area contributed by atoms with Crippen LogP contribution in [0.4, 0.5) is 16.5 Å². The fourth-order valence-corrected chi connectivity index (χ4v) is 5.86. The number of para-hydroxylation sites is 2. The van der Waals surface area contributed by atoms with E-state index in [-0.39, 0.29) is 11.2 Å². The molecule has 6 nitrogen and oxygen atoms in total. The highest BCUT2D eigenvalue weighted by Crippen LogP contribution is 2.33. The molecule has 0 saturated heterocycles. The molecule has 0 radical (unpaired) electrons. The Morgan fingerprint density at radius 3 is 2.53 bits per heavy atom. The van der Waals surface area contributed by atoms with Crippen molar-refractivity contribution in [3.05, 3.63) is 83.2 Å². The summed E-state index contributed by atoms with van der Waals surface area (Å²) in [6.45, 7) is 6.10. The highest BCUT2D eigenvalue weighted by atomic mass is 32.2. The third-order valence-corrected chi connectivity index (χ3v) is 8.19. The maximum atomic E-state index is 13.2. The Balaban J connectivity index is 1.39. The zero-order chi connectivity index (χ0) is 27.1. The summed E-state index contributed by atoms with van der Waals surface area (Å²) in [6, 6.07) is 23.7. The van der Waals surface area contributed by atoms with Crippen LogP contribution in [0.5, 0.6) is 5.75 Å². The van der Waals surface area contributed by atoms with E-state index in [9.17, 15) is 4.79 Å². The van der Waals surface area contributed by atoms with E-state index in [1.54, 1.807) is 7.11 Å². The largest absolute Gasteiger partial charge is 0.495 e. The van der Waals surface area contributed by atoms with Crippen molar-refractivity contribution in [1.29, 1.82) is 0 Å². The Hall–Kier alpha value is -3.40. The summed E-state index contributed by atoms with van der Waals surface area (Å²) in [5, 5.41) is 10.2. The lowest BCUT2D eigenvalue weighted by Gasteiger charge is -2.16. The highest BCUT2D eigenvalue weighted by molar-refractivity contribution is 8.00. The van der Waals surface area contributed by atoms with Crippen molar-refractivity contribution in [2.24, 2.45) is 0 Å². The third kappa shape index (κ3) is 7.12. The predicted molar refractivity (Wildman–Crippen MR) is 165 cm³/mol. The Morgan fingerprint density at radius 1 is 1.03 bits per heavy atom. The van der Waals surface area contributed by atoms with Gasteiger partial charge in [-0.25, -0.2) is 4.98 Å². The average molecular weight is 563 g/mol. The number of carbonyl (C=O) groups excluding carboxylic acids is 1. The van der Waals surface area contributed by atoms with Crippen molar-refractivity contribution in [2.75, 3.05) is 23.1 Å². The topological polar surface area (TPSA) is 75.3 Å². The number of thioether (sulfide) groups is 1. The van der Waals surface area contributed by atoms with Crippen LogP contribution in [0, 0.1) is 13.8 Å². The molecule has 0 saturated carbocycles. The maximum Gasteiger partial charge on any atom is 0.239 e. The Labute approximate surface area is 237 Å². The zero-order valence-electron chi connectivity index (χ0n) is 21.7. The number of hydrogen-bond donors (Lipinski definition) is 3. The zero-order valence-corrected chi connectivity index (χ0v) is 24.2. The van der Waals surface area contributed by atoms with Gasteiger partial charge in [0.05, 0.1) is 23.7 Å². The molecule has 1 atom stereocenters. The van der Waals surface area contributed by atoms with Crippen LogP contribution in [0.3, 0.4) is 0 Å². The molecule has 0 aliphatic rings. The predicted octanol–water partition coefficient (Wildman–Crippen LogP) is 7.75. The minimum absolute atomic E-state index is 0.0616. The number of methoxy groups -OCH3 is 1. The number of nitrogens with one attached hydrogen (secondary N) is 3. The molecule has 38 heavy (non-hydrogen) atoms. The number of thiazole rings is 1. The fourth-order valence-electron chi connectivity index (χ4n) is 3.78. The summed E-state index contributed by atoms with van der Waals surface area (Å²) in [6.07, 6.45) is 0.678. The molecule has 4 aromatic rings. The van der Waals surface area contributed by atoms with Gasteiger partial charge in [0.15, 0.2) is 10.2 Å². The number of carbonyl (C=O) groups is 1. The smallest absolute Gasteiger partial charge is 0.239 e. The van der Waals surface area contributed by atoms with Gasteiger partial charge >= 0.3 is 0 Å². The number of ether oxygens (including phenoxy) is 1. The first-order valence-electron chi connectivity index (χ1n) is 12.2. The van der Waals surface area contributed by atoms with Crippen molar-refractivity contribution in [2.45, 2.75) is 37.3 Å². The minimum atomic E-state index is -0.268. The van der Waals surface area contributed by atoms with Crippen molar-refractivity contribution >= 4 is 62.8 Å². The van der Waals surface area contributed by atoms with Crippen LogP contribution in [0.2, 0.25) is 0 Å². The number of hydrogen-bond acceptors (Lipinski definition) is 6. The van der Waals surface area contributed by atoms with Gasteiger partial charge in [-0.05, 0) is 62.8 Å². The lowest BCUT2D eigenvalue weighted by Crippen LogP contribution is -2.24. The minimum Gasteiger partial charge on any atom is -0.495 e. The van der Waals surface area contributed by atoms with Crippen molar-refractivity contribution in [3.8, 4) is 17.0 Å². The fraction of sp³-hybridized carbons (Fsp3) is 0.207. The van der Waals surface area contributed by atoms with Gasteiger partial charge in [-0.1, -0.05) is 55.0 Å². The second kappa shape index (κ2) is 12.9. The van der Waals surface area contributed by atoms with Crippen LogP contribution in [-0.4, -0.2) is 28.4 Å². The molecule has 3 N–H and O–H groups in total. The van der Waals surface area contributed by atoms with Crippen LogP contribution in [0.15, 0.2) is 77.7 Å². The van der Waals surface area contributed by atoms with Crippen molar-refractivity contribution in [3.63, 3.8) is 0 Å². The SMILES string of the molecule is CCC(Sc1cccc(NC(=S)Nc2ccccc2OC)c1)C(=O)Nc1nc(-c2ccc(C)cc2)c(C)s1. The molecular formula is C29H30N4O2S3. The Morgan fingerprint density at radius 2 is 1.79 bits per heavy atom. The summed E-state index contributed by atoms with van der Waals surface area (Å²) in [4.78, 5) is 19.9. The van der Waals surface area contributed by atoms with Gasteiger partial charge in [0.1, 0.15) is 5.75 Å². The van der Waals surface area contributed by atoms with Gasteiger partial charge in [0.2, 0.25) is 5.91 Å². The molecule has 0 spiro atoms. The number of rotatable bonds is 9. The van der Waals surface area contributed by atoms with E-state index in [4.69, 9.17) is 21.9 Å². The summed E-state index contributed by atoms with van der Waals surface area (Å²) in [5.74, 6) is 0.646. The summed E-state index contributed by atoms with van der Waals surface area (Å²) < 4.78 is 5.38. The van der Waals surface area contributed by atoms with Crippen LogP contribution in [-0.2, 0) is 4.79 Å². The van der Waals surface area contributed by atoms with E-state index >= 15 is 0 Å². The Bertz CT molecular complexity index is 1420.